The van der Waals surface area contributed by atoms with Crippen molar-refractivity contribution in [3.63, 3.8) is 0 Å². The van der Waals surface area contributed by atoms with Gasteiger partial charge in [-0.1, -0.05) is 6.42 Å². The molecule has 18 nitrogen and oxygen atoms in total. The van der Waals surface area contributed by atoms with Crippen LogP contribution in [0.5, 0.6) is 0 Å². The van der Waals surface area contributed by atoms with Crippen LogP contribution in [-0.2, 0) is 0 Å². The molecule has 0 aromatic heterocycles. The van der Waals surface area contributed by atoms with Gasteiger partial charge in [0.25, 0.3) is 0 Å². The molecule has 1 atom stereocenters. The van der Waals surface area contributed by atoms with Gasteiger partial charge in [-0.15, -0.1) is 0 Å². The van der Waals surface area contributed by atoms with E-state index in [1.165, 1.54) is 376 Å². The van der Waals surface area contributed by atoms with Crippen molar-refractivity contribution in [2.75, 3.05) is 216 Å². The monoisotopic (exact) mass is 1210 g/mol. The van der Waals surface area contributed by atoms with Gasteiger partial charge in [0, 0.05) is 107 Å². The predicted molar refractivity (Wildman–Crippen MR) is 360 cm³/mol. The quantitative estimate of drug-likeness (QED) is 0.167. The minimum absolute atomic E-state index is 0.528. The lowest BCUT2D eigenvalue weighted by Gasteiger charge is -2.45. The largest absolute Gasteiger partial charge is 0.317 e. The van der Waals surface area contributed by atoms with E-state index in [0.717, 1.165) is 17.4 Å². The van der Waals surface area contributed by atoms with Crippen molar-refractivity contribution in [2.45, 2.75) is 184 Å². The lowest BCUT2D eigenvalue weighted by Crippen LogP contribution is -2.57. The summed E-state index contributed by atoms with van der Waals surface area (Å²) in [6.07, 6.45) is 36.2. The molecule has 17 aliphatic heterocycles. The topological polar surface area (TPSA) is 217 Å². The minimum atomic E-state index is 0.528. The molecule has 0 aromatic rings. The Morgan fingerprint density at radius 2 is 0.419 bits per heavy atom. The summed E-state index contributed by atoms with van der Waals surface area (Å²) in [6.45, 7) is 40.8. The summed E-state index contributed by atoms with van der Waals surface area (Å²) in [5, 5.41) is 61.9. The normalized spacial score (nSPS) is 32.7. The van der Waals surface area contributed by atoms with Gasteiger partial charge in [-0.2, -0.15) is 0 Å². The third-order valence-electron chi connectivity index (χ3n) is 25.0. The van der Waals surface area contributed by atoms with Crippen LogP contribution in [0.4, 0.5) is 0 Å². The smallest absolute Gasteiger partial charge is 0.0318 e. The van der Waals surface area contributed by atoms with E-state index in [9.17, 15) is 0 Å². The summed E-state index contributed by atoms with van der Waals surface area (Å²) >= 11 is 0. The molecule has 18 fully saturated rings. The first-order chi connectivity index (χ1) is 42.2. The number of hydrogen-bond donors (Lipinski definition) is 18. The van der Waals surface area contributed by atoms with E-state index < -0.39 is 0 Å². The Labute approximate surface area is 525 Å². The molecule has 0 aromatic carbocycles. The predicted octanol–water partition coefficient (Wildman–Crippen LogP) is 2.01. The summed E-state index contributed by atoms with van der Waals surface area (Å²) < 4.78 is 0. The molecule has 18 rings (SSSR count). The van der Waals surface area contributed by atoms with Gasteiger partial charge < -0.3 is 95.7 Å². The lowest BCUT2D eigenvalue weighted by atomic mass is 9.72. The molecule has 17 saturated heterocycles. The van der Waals surface area contributed by atoms with Crippen molar-refractivity contribution in [1.29, 1.82) is 0 Å². The third kappa shape index (κ3) is 20.9. The maximum Gasteiger partial charge on any atom is 0.0318 e. The van der Waals surface area contributed by atoms with Gasteiger partial charge in [0.05, 0.1) is 0 Å². The molecule has 498 valence electrons. The summed E-state index contributed by atoms with van der Waals surface area (Å²) in [7, 11) is 0. The Morgan fingerprint density at radius 1 is 0.128 bits per heavy atom. The minimum Gasteiger partial charge on any atom is -0.317 e. The van der Waals surface area contributed by atoms with Crippen LogP contribution < -0.4 is 95.7 Å². The van der Waals surface area contributed by atoms with Crippen LogP contribution in [0.3, 0.4) is 0 Å². The molecular formula is C68H136N18. The number of nitrogens with one attached hydrogen (secondary N) is 18. The van der Waals surface area contributed by atoms with Crippen LogP contribution in [0.2, 0.25) is 0 Å². The van der Waals surface area contributed by atoms with Crippen LogP contribution in [0.1, 0.15) is 167 Å². The van der Waals surface area contributed by atoms with E-state index in [-0.39, 0.29) is 0 Å². The zero-order chi connectivity index (χ0) is 58.9. The molecule has 86 heavy (non-hydrogen) atoms. The van der Waals surface area contributed by atoms with Gasteiger partial charge in [-0.05, 0) is 318 Å². The van der Waals surface area contributed by atoms with Gasteiger partial charge in [0.2, 0.25) is 0 Å². The van der Waals surface area contributed by atoms with E-state index >= 15 is 0 Å². The molecule has 1 saturated carbocycles. The van der Waals surface area contributed by atoms with Crippen molar-refractivity contribution < 1.29 is 0 Å². The van der Waals surface area contributed by atoms with E-state index in [2.05, 4.69) is 95.7 Å². The highest BCUT2D eigenvalue weighted by molar-refractivity contribution is 5.06. The molecule has 17 heterocycles. The van der Waals surface area contributed by atoms with Gasteiger partial charge in [-0.25, -0.2) is 0 Å². The fraction of sp³-hybridized carbons (Fsp3) is 1.00. The van der Waals surface area contributed by atoms with Gasteiger partial charge >= 0.3 is 0 Å². The van der Waals surface area contributed by atoms with Gasteiger partial charge in [0.1, 0.15) is 0 Å². The van der Waals surface area contributed by atoms with Crippen LogP contribution in [0.15, 0.2) is 0 Å². The molecule has 1 unspecified atom stereocenters. The van der Waals surface area contributed by atoms with Crippen LogP contribution in [0.25, 0.3) is 0 Å². The highest BCUT2D eigenvalue weighted by Gasteiger charge is 2.44. The fourth-order valence-corrected chi connectivity index (χ4v) is 18.0. The summed E-state index contributed by atoms with van der Waals surface area (Å²) in [4.78, 5) is 0. The lowest BCUT2D eigenvalue weighted by molar-refractivity contribution is 0.116. The van der Waals surface area contributed by atoms with E-state index in [0.29, 0.717) is 38.3 Å². The maximum absolute atomic E-state index is 3.69. The highest BCUT2D eigenvalue weighted by atomic mass is 15.1. The Balaban J connectivity index is 0.000000108. The van der Waals surface area contributed by atoms with Crippen LogP contribution in [-0.4, -0.2) is 233 Å². The molecule has 18 aliphatic rings. The Hall–Kier alpha value is -0.720. The zero-order valence-corrected chi connectivity index (χ0v) is 55.2. The first-order valence-electron chi connectivity index (χ1n) is 37.1. The van der Waals surface area contributed by atoms with Crippen LogP contribution >= 0.6 is 0 Å². The number of piperidine rings is 8. The maximum atomic E-state index is 3.69. The molecule has 9 spiro atoms. The van der Waals surface area contributed by atoms with Crippen molar-refractivity contribution in [1.82, 2.24) is 95.7 Å². The zero-order valence-electron chi connectivity index (χ0n) is 55.2. The molecule has 18 N–H and O–H groups in total. The standard InChI is InChI=1S/3C9H18N2.C8H16N2.3C7H14N2.2C6H12N2/c1-5-10-6-2-9(1)3-7-11-8-4-9;1-2-9(8-11-5-1)3-6-10-7-4-9;1-2-6-11-9(3-1)4-7-10-8-5-9;1-4-9-5-2-8(1)3-6-10-7-8;1-3-8-5-7(1)2-4-9-6-7;1-3-8-4-2-7(1)5-9-6-7;1-2-7(9-4-1)3-5-8-6-7;1-2-7-3-6(1)4-8-5-6;1-2-6(1)5-7-3-4-8-6/h3*10-11H,1-8H2;9-10H,1-7H2;3*8-9H,1-6H2;2*7-8H,1-5H2. The van der Waals surface area contributed by atoms with Crippen LogP contribution in [0, 0.1) is 32.5 Å². The molecule has 18 heteroatoms. The van der Waals surface area contributed by atoms with Crippen molar-refractivity contribution >= 4 is 0 Å². The SMILES string of the molecule is C1CC2(CCN1)CCNC2.C1CC2(CCN1)CCNCC2.C1CC2(CCN1)CNC2.C1CC2(CCNC2)CN1.C1CC2(CN1)CNC2.C1CCC2(CCNCC2)NC1.C1CNC2(C1)CCNC2.C1CNC2(CC2)CN1.C1CNCC2(C1)CCNCC2. The summed E-state index contributed by atoms with van der Waals surface area (Å²) in [5.41, 5.74) is 5.85. The highest BCUT2D eigenvalue weighted by Crippen LogP contribution is 2.39. The number of hydrogen-bond acceptors (Lipinski definition) is 18. The fourth-order valence-electron chi connectivity index (χ4n) is 18.0. The first-order valence-corrected chi connectivity index (χ1v) is 37.1. The van der Waals surface area contributed by atoms with Crippen molar-refractivity contribution in [3.8, 4) is 0 Å². The van der Waals surface area contributed by atoms with E-state index in [1.807, 2.05) is 0 Å². The molecule has 1 aliphatic carbocycles. The Bertz CT molecular complexity index is 1580. The van der Waals surface area contributed by atoms with Gasteiger partial charge in [0.15, 0.2) is 0 Å². The van der Waals surface area contributed by atoms with Gasteiger partial charge in [-0.3, -0.25) is 0 Å². The molecular weight excluding hydrogens is 1070 g/mol. The summed E-state index contributed by atoms with van der Waals surface area (Å²) in [6, 6.07) is 0. The first kappa shape index (κ1) is 68.1. The second kappa shape index (κ2) is 34.4. The average Bonchev–Trinajstić information content (AvgIpc) is 4.09. The second-order valence-corrected chi connectivity index (χ2v) is 31.5. The van der Waals surface area contributed by atoms with E-state index in [4.69, 9.17) is 0 Å². The second-order valence-electron chi connectivity index (χ2n) is 31.5. The molecule has 0 amide bonds. The number of piperazine rings is 1. The summed E-state index contributed by atoms with van der Waals surface area (Å²) in [5.74, 6) is 0. The third-order valence-corrected chi connectivity index (χ3v) is 25.0. The van der Waals surface area contributed by atoms with Crippen molar-refractivity contribution in [3.05, 3.63) is 0 Å². The number of rotatable bonds is 0. The average molecular weight is 1210 g/mol. The molecule has 0 bridgehead atoms. The Kier molecular flexibility index (Phi) is 27.3. The van der Waals surface area contributed by atoms with Crippen molar-refractivity contribution in [2.24, 2.45) is 32.5 Å². The molecule has 0 radical (unpaired) electrons. The Morgan fingerprint density at radius 3 is 0.744 bits per heavy atom. The van der Waals surface area contributed by atoms with E-state index in [1.54, 1.807) is 0 Å².